The minimum Gasteiger partial charge on any atom is -0.493 e. The topological polar surface area (TPSA) is 97.6 Å². The summed E-state index contributed by atoms with van der Waals surface area (Å²) in [7, 11) is 3.13. The Morgan fingerprint density at radius 1 is 1.26 bits per heavy atom. The Balaban J connectivity index is 1.60. The van der Waals surface area contributed by atoms with Crippen LogP contribution in [0, 0.1) is 11.3 Å². The predicted octanol–water partition coefficient (Wildman–Crippen LogP) is 1.59. The standard InChI is InChI=1S/C19H20N4O4/c1-25-16-4-3-13(9-17(16)26-2)10-18(24)23-8-5-14(12-23)27-19-15(11-20)21-6-7-22-19/h3-4,6-7,9,14H,5,8,10,12H2,1-2H3. The Morgan fingerprint density at radius 2 is 2.04 bits per heavy atom. The Morgan fingerprint density at radius 3 is 2.78 bits per heavy atom. The average molecular weight is 368 g/mol. The molecule has 1 aliphatic rings. The van der Waals surface area contributed by atoms with Gasteiger partial charge in [-0.3, -0.25) is 4.79 Å². The number of hydrogen-bond donors (Lipinski definition) is 0. The maximum atomic E-state index is 12.6. The number of benzene rings is 1. The average Bonchev–Trinajstić information content (AvgIpc) is 3.17. The molecule has 1 aromatic carbocycles. The van der Waals surface area contributed by atoms with Gasteiger partial charge in [-0.25, -0.2) is 9.97 Å². The number of rotatable bonds is 6. The lowest BCUT2D eigenvalue weighted by atomic mass is 10.1. The lowest BCUT2D eigenvalue weighted by Gasteiger charge is -2.17. The molecule has 1 aromatic heterocycles. The molecule has 0 spiro atoms. The summed E-state index contributed by atoms with van der Waals surface area (Å²) in [6, 6.07) is 7.40. The molecule has 1 amide bonds. The number of aromatic nitrogens is 2. The molecule has 0 aliphatic carbocycles. The van der Waals surface area contributed by atoms with Crippen LogP contribution in [0.3, 0.4) is 0 Å². The highest BCUT2D eigenvalue weighted by atomic mass is 16.5. The molecule has 140 valence electrons. The van der Waals surface area contributed by atoms with Gasteiger partial charge in [0, 0.05) is 25.4 Å². The monoisotopic (exact) mass is 368 g/mol. The van der Waals surface area contributed by atoms with Gasteiger partial charge in [-0.2, -0.15) is 5.26 Å². The number of likely N-dealkylation sites (tertiary alicyclic amines) is 1. The second-order valence-corrected chi connectivity index (χ2v) is 6.06. The van der Waals surface area contributed by atoms with E-state index in [9.17, 15) is 4.79 Å². The summed E-state index contributed by atoms with van der Waals surface area (Å²) in [6.45, 7) is 1.05. The van der Waals surface area contributed by atoms with Gasteiger partial charge >= 0.3 is 0 Å². The lowest BCUT2D eigenvalue weighted by Crippen LogP contribution is -2.32. The molecule has 0 N–H and O–H groups in total. The number of nitriles is 1. The van der Waals surface area contributed by atoms with Crippen molar-refractivity contribution >= 4 is 5.91 Å². The third kappa shape index (κ3) is 4.26. The number of ether oxygens (including phenoxy) is 3. The van der Waals surface area contributed by atoms with Crippen molar-refractivity contribution in [3.63, 3.8) is 0 Å². The molecule has 1 unspecified atom stereocenters. The smallest absolute Gasteiger partial charge is 0.251 e. The van der Waals surface area contributed by atoms with Crippen LogP contribution in [0.2, 0.25) is 0 Å². The van der Waals surface area contributed by atoms with Gasteiger partial charge in [-0.1, -0.05) is 6.07 Å². The van der Waals surface area contributed by atoms with Gasteiger partial charge in [-0.15, -0.1) is 0 Å². The highest BCUT2D eigenvalue weighted by Gasteiger charge is 2.28. The summed E-state index contributed by atoms with van der Waals surface area (Å²) < 4.78 is 16.3. The molecule has 0 saturated carbocycles. The molecular weight excluding hydrogens is 348 g/mol. The van der Waals surface area contributed by atoms with Gasteiger partial charge < -0.3 is 19.1 Å². The van der Waals surface area contributed by atoms with Crippen LogP contribution in [0.5, 0.6) is 17.4 Å². The summed E-state index contributed by atoms with van der Waals surface area (Å²) in [5.74, 6) is 1.44. The van der Waals surface area contributed by atoms with Crippen LogP contribution < -0.4 is 14.2 Å². The first-order valence-electron chi connectivity index (χ1n) is 8.51. The molecule has 27 heavy (non-hydrogen) atoms. The van der Waals surface area contributed by atoms with E-state index in [0.717, 1.165) is 5.56 Å². The van der Waals surface area contributed by atoms with Crippen LogP contribution in [0.25, 0.3) is 0 Å². The molecule has 1 fully saturated rings. The van der Waals surface area contributed by atoms with Crippen molar-refractivity contribution in [2.45, 2.75) is 18.9 Å². The summed E-state index contributed by atoms with van der Waals surface area (Å²) in [5.41, 5.74) is 0.996. The van der Waals surface area contributed by atoms with Crippen molar-refractivity contribution in [1.29, 1.82) is 5.26 Å². The number of carbonyl (C=O) groups excluding carboxylic acids is 1. The summed E-state index contributed by atoms with van der Waals surface area (Å²) in [5, 5.41) is 9.06. The molecule has 2 aromatic rings. The zero-order valence-corrected chi connectivity index (χ0v) is 15.2. The van der Waals surface area contributed by atoms with E-state index in [4.69, 9.17) is 19.5 Å². The van der Waals surface area contributed by atoms with Crippen LogP contribution in [0.15, 0.2) is 30.6 Å². The number of hydrogen-bond acceptors (Lipinski definition) is 7. The second-order valence-electron chi connectivity index (χ2n) is 6.06. The van der Waals surface area contributed by atoms with E-state index in [2.05, 4.69) is 9.97 Å². The minimum atomic E-state index is -0.205. The minimum absolute atomic E-state index is 0.00738. The van der Waals surface area contributed by atoms with Crippen LogP contribution in [-0.4, -0.2) is 54.2 Å². The van der Waals surface area contributed by atoms with E-state index in [1.54, 1.807) is 31.3 Å². The van der Waals surface area contributed by atoms with Gasteiger partial charge in [0.15, 0.2) is 11.5 Å². The molecule has 1 aliphatic heterocycles. The number of methoxy groups -OCH3 is 2. The highest BCUT2D eigenvalue weighted by Crippen LogP contribution is 2.28. The van der Waals surface area contributed by atoms with Crippen molar-refractivity contribution in [2.24, 2.45) is 0 Å². The van der Waals surface area contributed by atoms with Gasteiger partial charge in [0.1, 0.15) is 12.2 Å². The highest BCUT2D eigenvalue weighted by molar-refractivity contribution is 5.79. The zero-order valence-electron chi connectivity index (χ0n) is 15.2. The van der Waals surface area contributed by atoms with E-state index in [1.807, 2.05) is 12.1 Å². The number of nitrogens with zero attached hydrogens (tertiary/aromatic N) is 4. The van der Waals surface area contributed by atoms with E-state index >= 15 is 0 Å². The van der Waals surface area contributed by atoms with Crippen molar-refractivity contribution in [3.05, 3.63) is 41.9 Å². The second kappa shape index (κ2) is 8.36. The molecule has 8 heteroatoms. The first-order chi connectivity index (χ1) is 13.1. The zero-order chi connectivity index (χ0) is 19.2. The molecule has 1 atom stereocenters. The third-order valence-corrected chi connectivity index (χ3v) is 4.35. The maximum Gasteiger partial charge on any atom is 0.251 e. The van der Waals surface area contributed by atoms with Crippen molar-refractivity contribution in [2.75, 3.05) is 27.3 Å². The number of carbonyl (C=O) groups is 1. The van der Waals surface area contributed by atoms with Gasteiger partial charge in [-0.05, 0) is 17.7 Å². The SMILES string of the molecule is COc1ccc(CC(=O)N2CCC(Oc3nccnc3C#N)C2)cc1OC. The fourth-order valence-corrected chi connectivity index (χ4v) is 2.97. The normalized spacial score (nSPS) is 15.9. The first-order valence-corrected chi connectivity index (χ1v) is 8.51. The van der Waals surface area contributed by atoms with Crippen LogP contribution >= 0.6 is 0 Å². The lowest BCUT2D eigenvalue weighted by molar-refractivity contribution is -0.129. The van der Waals surface area contributed by atoms with Crippen LogP contribution in [0.4, 0.5) is 0 Å². The van der Waals surface area contributed by atoms with Gasteiger partial charge in [0.25, 0.3) is 5.88 Å². The Hall–Kier alpha value is -3.34. The molecule has 1 saturated heterocycles. The molecule has 3 rings (SSSR count). The summed E-state index contributed by atoms with van der Waals surface area (Å²) in [4.78, 5) is 22.3. The van der Waals surface area contributed by atoms with E-state index in [0.29, 0.717) is 31.0 Å². The van der Waals surface area contributed by atoms with Gasteiger partial charge in [0.2, 0.25) is 11.6 Å². The third-order valence-electron chi connectivity index (χ3n) is 4.35. The van der Waals surface area contributed by atoms with Crippen molar-refractivity contribution in [1.82, 2.24) is 14.9 Å². The molecule has 8 nitrogen and oxygen atoms in total. The van der Waals surface area contributed by atoms with Crippen LogP contribution in [0.1, 0.15) is 17.7 Å². The molecule has 0 bridgehead atoms. The molecular formula is C19H20N4O4. The maximum absolute atomic E-state index is 12.6. The van der Waals surface area contributed by atoms with Crippen molar-refractivity contribution < 1.29 is 19.0 Å². The quantitative estimate of drug-likeness (QED) is 0.763. The first kappa shape index (κ1) is 18.5. The van der Waals surface area contributed by atoms with E-state index in [-0.39, 0.29) is 30.0 Å². The molecule has 0 radical (unpaired) electrons. The van der Waals surface area contributed by atoms with Gasteiger partial charge in [0.05, 0.1) is 27.2 Å². The number of amides is 1. The Bertz CT molecular complexity index is 865. The predicted molar refractivity (Wildman–Crippen MR) is 95.6 cm³/mol. The fraction of sp³-hybridized carbons (Fsp3) is 0.368. The largest absolute Gasteiger partial charge is 0.493 e. The molecule has 2 heterocycles. The Labute approximate surface area is 157 Å². The fourth-order valence-electron chi connectivity index (χ4n) is 2.97. The van der Waals surface area contributed by atoms with E-state index in [1.165, 1.54) is 12.4 Å². The summed E-state index contributed by atoms with van der Waals surface area (Å²) in [6.07, 6.45) is 3.66. The van der Waals surface area contributed by atoms with Crippen molar-refractivity contribution in [3.8, 4) is 23.4 Å². The Kier molecular flexibility index (Phi) is 5.71. The van der Waals surface area contributed by atoms with E-state index < -0.39 is 0 Å². The summed E-state index contributed by atoms with van der Waals surface area (Å²) >= 11 is 0. The van der Waals surface area contributed by atoms with Crippen LogP contribution in [-0.2, 0) is 11.2 Å².